The minimum absolute atomic E-state index is 0.000536. The molecule has 0 fully saturated rings. The second-order valence-corrected chi connectivity index (χ2v) is 3.35. The van der Waals surface area contributed by atoms with Crippen LogP contribution in [-0.4, -0.2) is 22.5 Å². The molecule has 1 heterocycles. The summed E-state index contributed by atoms with van der Waals surface area (Å²) in [7, 11) is 0. The summed E-state index contributed by atoms with van der Waals surface area (Å²) in [6.45, 7) is 5.69. The quantitative estimate of drug-likeness (QED) is 0.709. The fraction of sp³-hybridized carbons (Fsp3) is 0.667. The highest BCUT2D eigenvalue weighted by molar-refractivity contribution is 5.81. The van der Waals surface area contributed by atoms with Crippen molar-refractivity contribution < 1.29 is 14.1 Å². The molecule has 0 saturated heterocycles. The topological polar surface area (TPSA) is 65.2 Å². The zero-order valence-corrected chi connectivity index (χ0v) is 8.61. The Hall–Kier alpha value is -1.23. The van der Waals surface area contributed by atoms with Crippen molar-refractivity contribution in [3.05, 3.63) is 11.7 Å². The van der Waals surface area contributed by atoms with Gasteiger partial charge in [0.2, 0.25) is 0 Å². The van der Waals surface area contributed by atoms with Crippen LogP contribution in [0.4, 0.5) is 0 Å². The summed E-state index contributed by atoms with van der Waals surface area (Å²) < 4.78 is 9.92. The first-order valence-electron chi connectivity index (χ1n) is 4.49. The van der Waals surface area contributed by atoms with Gasteiger partial charge in [-0.15, -0.1) is 0 Å². The molecule has 14 heavy (non-hydrogen) atoms. The summed E-state index contributed by atoms with van der Waals surface area (Å²) >= 11 is 0. The van der Waals surface area contributed by atoms with Gasteiger partial charge in [-0.3, -0.25) is 4.79 Å². The Morgan fingerprint density at radius 3 is 2.79 bits per heavy atom. The first-order chi connectivity index (χ1) is 6.59. The van der Waals surface area contributed by atoms with Crippen molar-refractivity contribution in [2.75, 3.05) is 6.61 Å². The maximum Gasteiger partial charge on any atom is 0.252 e. The summed E-state index contributed by atoms with van der Waals surface area (Å²) in [4.78, 5) is 15.1. The molecule has 0 radical (unpaired) electrons. The molecule has 1 aromatic rings. The predicted molar refractivity (Wildman–Crippen MR) is 48.5 cm³/mol. The fourth-order valence-electron chi connectivity index (χ4n) is 0.804. The molecule has 5 heteroatoms. The Morgan fingerprint density at radius 2 is 2.29 bits per heavy atom. The lowest BCUT2D eigenvalue weighted by Crippen LogP contribution is -2.14. The number of rotatable bonds is 5. The van der Waals surface area contributed by atoms with Crippen LogP contribution in [0, 0.1) is 12.8 Å². The van der Waals surface area contributed by atoms with E-state index in [9.17, 15) is 4.79 Å². The number of aryl methyl sites for hydroxylation is 1. The predicted octanol–water partition coefficient (Wildman–Crippen LogP) is 1.12. The van der Waals surface area contributed by atoms with Crippen molar-refractivity contribution >= 4 is 5.78 Å². The monoisotopic (exact) mass is 198 g/mol. The zero-order chi connectivity index (χ0) is 10.6. The zero-order valence-electron chi connectivity index (χ0n) is 8.61. The van der Waals surface area contributed by atoms with E-state index in [1.807, 2.05) is 13.8 Å². The summed E-state index contributed by atoms with van der Waals surface area (Å²) in [6, 6.07) is 0. The molecule has 0 unspecified atom stereocenters. The van der Waals surface area contributed by atoms with E-state index in [4.69, 9.17) is 9.26 Å². The van der Waals surface area contributed by atoms with Crippen LogP contribution in [0.5, 0.6) is 0 Å². The molecule has 0 spiro atoms. The lowest BCUT2D eigenvalue weighted by atomic mass is 10.1. The van der Waals surface area contributed by atoms with Crippen LogP contribution < -0.4 is 0 Å². The Labute approximate surface area is 82.4 Å². The molecule has 0 aliphatic rings. The molecule has 0 saturated carbocycles. The Bertz CT molecular complexity index is 307. The van der Waals surface area contributed by atoms with Crippen molar-refractivity contribution in [2.24, 2.45) is 5.92 Å². The van der Waals surface area contributed by atoms with E-state index in [-0.39, 0.29) is 24.9 Å². The SMILES string of the molecule is Cc1noc(COCC(=O)C(C)C)n1. The van der Waals surface area contributed by atoms with Gasteiger partial charge in [0.1, 0.15) is 13.2 Å². The lowest BCUT2D eigenvalue weighted by Gasteiger charge is -2.02. The number of carbonyl (C=O) groups excluding carboxylic acids is 1. The first kappa shape index (κ1) is 10.8. The van der Waals surface area contributed by atoms with Crippen molar-refractivity contribution in [1.82, 2.24) is 10.1 Å². The van der Waals surface area contributed by atoms with Crippen LogP contribution in [0.25, 0.3) is 0 Å². The van der Waals surface area contributed by atoms with Gasteiger partial charge < -0.3 is 9.26 Å². The molecule has 0 aliphatic carbocycles. The smallest absolute Gasteiger partial charge is 0.252 e. The number of ketones is 1. The van der Waals surface area contributed by atoms with Crippen molar-refractivity contribution in [3.63, 3.8) is 0 Å². The van der Waals surface area contributed by atoms with Gasteiger partial charge in [-0.1, -0.05) is 19.0 Å². The van der Waals surface area contributed by atoms with Crippen LogP contribution in [-0.2, 0) is 16.1 Å². The van der Waals surface area contributed by atoms with Crippen molar-refractivity contribution in [1.29, 1.82) is 0 Å². The Balaban J connectivity index is 2.25. The average Bonchev–Trinajstić information content (AvgIpc) is 2.51. The molecule has 1 aromatic heterocycles. The highest BCUT2D eigenvalue weighted by Gasteiger charge is 2.08. The summed E-state index contributed by atoms with van der Waals surface area (Å²) in [6.07, 6.45) is 0. The van der Waals surface area contributed by atoms with Crippen molar-refractivity contribution in [2.45, 2.75) is 27.4 Å². The van der Waals surface area contributed by atoms with Crippen LogP contribution >= 0.6 is 0 Å². The second kappa shape index (κ2) is 4.85. The second-order valence-electron chi connectivity index (χ2n) is 3.35. The number of nitrogens with zero attached hydrogens (tertiary/aromatic N) is 2. The molecule has 78 valence electrons. The van der Waals surface area contributed by atoms with E-state index >= 15 is 0 Å². The lowest BCUT2D eigenvalue weighted by molar-refractivity contribution is -0.127. The summed E-state index contributed by atoms with van der Waals surface area (Å²) in [5.41, 5.74) is 0. The maximum absolute atomic E-state index is 11.1. The standard InChI is InChI=1S/C9H14N2O3/c1-6(2)8(12)4-13-5-9-10-7(3)11-14-9/h6H,4-5H2,1-3H3. The third kappa shape index (κ3) is 3.26. The number of hydrogen-bond acceptors (Lipinski definition) is 5. The van der Waals surface area contributed by atoms with Gasteiger partial charge in [0, 0.05) is 5.92 Å². The summed E-state index contributed by atoms with van der Waals surface area (Å²) in [5.74, 6) is 1.04. The molecule has 0 aliphatic heterocycles. The molecular weight excluding hydrogens is 184 g/mol. The third-order valence-electron chi connectivity index (χ3n) is 1.68. The van der Waals surface area contributed by atoms with E-state index < -0.39 is 0 Å². The number of carbonyl (C=O) groups is 1. The highest BCUT2D eigenvalue weighted by atomic mass is 16.5. The maximum atomic E-state index is 11.1. The normalized spacial score (nSPS) is 10.9. The van der Waals surface area contributed by atoms with Gasteiger partial charge in [0.25, 0.3) is 5.89 Å². The van der Waals surface area contributed by atoms with Crippen LogP contribution in [0.15, 0.2) is 4.52 Å². The number of Topliss-reactive ketones (excluding diaryl/α,β-unsaturated/α-hetero) is 1. The minimum Gasteiger partial charge on any atom is -0.364 e. The molecule has 0 aromatic carbocycles. The van der Waals surface area contributed by atoms with Crippen molar-refractivity contribution in [3.8, 4) is 0 Å². The number of ether oxygens (including phenoxy) is 1. The molecular formula is C9H14N2O3. The van der Waals surface area contributed by atoms with E-state index in [0.29, 0.717) is 11.7 Å². The van der Waals surface area contributed by atoms with Gasteiger partial charge >= 0.3 is 0 Å². The van der Waals surface area contributed by atoms with E-state index in [2.05, 4.69) is 10.1 Å². The highest BCUT2D eigenvalue weighted by Crippen LogP contribution is 2.00. The fourth-order valence-corrected chi connectivity index (χ4v) is 0.804. The van der Waals surface area contributed by atoms with Gasteiger partial charge in [0.15, 0.2) is 11.6 Å². The average molecular weight is 198 g/mol. The van der Waals surface area contributed by atoms with Gasteiger partial charge in [0.05, 0.1) is 0 Å². The van der Waals surface area contributed by atoms with Gasteiger partial charge in [-0.2, -0.15) is 4.98 Å². The largest absolute Gasteiger partial charge is 0.364 e. The first-order valence-corrected chi connectivity index (χ1v) is 4.49. The summed E-state index contributed by atoms with van der Waals surface area (Å²) in [5, 5.41) is 3.60. The molecule has 0 atom stereocenters. The van der Waals surface area contributed by atoms with Gasteiger partial charge in [-0.05, 0) is 6.92 Å². The Kier molecular flexibility index (Phi) is 3.76. The minimum atomic E-state index is -0.000536. The molecule has 0 bridgehead atoms. The van der Waals surface area contributed by atoms with E-state index in [1.54, 1.807) is 6.92 Å². The third-order valence-corrected chi connectivity index (χ3v) is 1.68. The van der Waals surface area contributed by atoms with Crippen LogP contribution in [0.3, 0.4) is 0 Å². The van der Waals surface area contributed by atoms with E-state index in [1.165, 1.54) is 0 Å². The Morgan fingerprint density at radius 1 is 1.57 bits per heavy atom. The van der Waals surface area contributed by atoms with E-state index in [0.717, 1.165) is 0 Å². The number of aromatic nitrogens is 2. The molecule has 0 amide bonds. The number of hydrogen-bond donors (Lipinski definition) is 0. The van der Waals surface area contributed by atoms with Crippen LogP contribution in [0.2, 0.25) is 0 Å². The van der Waals surface area contributed by atoms with Gasteiger partial charge in [-0.25, -0.2) is 0 Å². The molecule has 5 nitrogen and oxygen atoms in total. The van der Waals surface area contributed by atoms with Crippen LogP contribution in [0.1, 0.15) is 25.6 Å². The molecule has 0 N–H and O–H groups in total. The molecule has 1 rings (SSSR count).